The van der Waals surface area contributed by atoms with Gasteiger partial charge in [0.2, 0.25) is 0 Å². The normalized spacial score (nSPS) is 38.4. The van der Waals surface area contributed by atoms with Crippen molar-refractivity contribution in [3.8, 4) is 0 Å². The van der Waals surface area contributed by atoms with Crippen molar-refractivity contribution < 1.29 is 5.11 Å². The molecule has 1 saturated heterocycles. The van der Waals surface area contributed by atoms with Gasteiger partial charge in [0.15, 0.2) is 0 Å². The Bertz CT molecular complexity index is 327. The summed E-state index contributed by atoms with van der Waals surface area (Å²) < 4.78 is 0. The predicted octanol–water partition coefficient (Wildman–Crippen LogP) is 2.52. The van der Waals surface area contributed by atoms with Gasteiger partial charge in [-0.15, -0.1) is 0 Å². The van der Waals surface area contributed by atoms with E-state index in [4.69, 9.17) is 5.73 Å². The van der Waals surface area contributed by atoms with Gasteiger partial charge < -0.3 is 15.7 Å². The van der Waals surface area contributed by atoms with Gasteiger partial charge >= 0.3 is 0 Å². The van der Waals surface area contributed by atoms with Gasteiger partial charge in [-0.25, -0.2) is 0 Å². The van der Waals surface area contributed by atoms with Gasteiger partial charge in [-0.3, -0.25) is 0 Å². The van der Waals surface area contributed by atoms with E-state index in [9.17, 15) is 5.11 Å². The van der Waals surface area contributed by atoms with Crippen molar-refractivity contribution in [1.82, 2.24) is 4.90 Å². The summed E-state index contributed by atoms with van der Waals surface area (Å²) in [4.78, 5) is 2.63. The molecule has 1 heterocycles. The zero-order valence-electron chi connectivity index (χ0n) is 12.9. The van der Waals surface area contributed by atoms with E-state index in [0.717, 1.165) is 32.5 Å². The molecular weight excluding hydrogens is 248 g/mol. The van der Waals surface area contributed by atoms with Crippen LogP contribution in [0, 0.1) is 11.3 Å². The number of piperidine rings is 1. The minimum absolute atomic E-state index is 0.336. The van der Waals surface area contributed by atoms with Gasteiger partial charge in [0.05, 0.1) is 5.60 Å². The Kier molecular flexibility index (Phi) is 4.40. The molecule has 3 N–H and O–H groups in total. The standard InChI is InChI=1S/C17H32N2O/c18-13-16(7-3-1-4-8-16)14-19-11-10-17(20)9-5-2-6-15(17)12-19/h15,20H,1-14,18H2. The highest BCUT2D eigenvalue weighted by Crippen LogP contribution is 2.42. The molecule has 3 fully saturated rings. The van der Waals surface area contributed by atoms with Crippen LogP contribution < -0.4 is 5.73 Å². The Morgan fingerprint density at radius 1 is 1.00 bits per heavy atom. The number of fused-ring (bicyclic) bond motifs is 1. The predicted molar refractivity (Wildman–Crippen MR) is 82.5 cm³/mol. The molecule has 3 heteroatoms. The highest BCUT2D eigenvalue weighted by atomic mass is 16.3. The molecule has 0 radical (unpaired) electrons. The fourth-order valence-corrected chi connectivity index (χ4v) is 4.99. The smallest absolute Gasteiger partial charge is 0.0700 e. The van der Waals surface area contributed by atoms with E-state index in [2.05, 4.69) is 4.90 Å². The van der Waals surface area contributed by atoms with Crippen molar-refractivity contribution in [2.45, 2.75) is 69.8 Å². The van der Waals surface area contributed by atoms with Crippen LogP contribution in [0.1, 0.15) is 64.2 Å². The summed E-state index contributed by atoms with van der Waals surface area (Å²) in [5.74, 6) is 0.517. The molecule has 2 atom stereocenters. The van der Waals surface area contributed by atoms with E-state index in [-0.39, 0.29) is 5.60 Å². The number of aliphatic hydroxyl groups is 1. The average Bonchev–Trinajstić information content (AvgIpc) is 2.48. The Hall–Kier alpha value is -0.120. The summed E-state index contributed by atoms with van der Waals surface area (Å²) in [7, 11) is 0. The molecule has 0 spiro atoms. The number of rotatable bonds is 3. The molecule has 116 valence electrons. The van der Waals surface area contributed by atoms with Crippen LogP contribution in [0.4, 0.5) is 0 Å². The summed E-state index contributed by atoms with van der Waals surface area (Å²) >= 11 is 0. The van der Waals surface area contributed by atoms with Crippen molar-refractivity contribution in [3.63, 3.8) is 0 Å². The van der Waals surface area contributed by atoms with Crippen LogP contribution in [0.2, 0.25) is 0 Å². The monoisotopic (exact) mass is 280 g/mol. The Morgan fingerprint density at radius 3 is 2.50 bits per heavy atom. The molecule has 2 aliphatic carbocycles. The van der Waals surface area contributed by atoms with Crippen LogP contribution in [-0.4, -0.2) is 41.8 Å². The zero-order valence-corrected chi connectivity index (χ0v) is 12.9. The molecule has 2 saturated carbocycles. The Labute approximate surface area is 123 Å². The highest BCUT2D eigenvalue weighted by molar-refractivity contribution is 4.97. The first-order valence-corrected chi connectivity index (χ1v) is 8.81. The molecule has 0 aromatic carbocycles. The van der Waals surface area contributed by atoms with Gasteiger partial charge in [-0.05, 0) is 44.1 Å². The third-order valence-corrected chi connectivity index (χ3v) is 6.42. The largest absolute Gasteiger partial charge is 0.390 e. The molecule has 0 aromatic heterocycles. The maximum absolute atomic E-state index is 10.8. The number of likely N-dealkylation sites (tertiary alicyclic amines) is 1. The van der Waals surface area contributed by atoms with Crippen LogP contribution in [-0.2, 0) is 0 Å². The van der Waals surface area contributed by atoms with Gasteiger partial charge in [0.25, 0.3) is 0 Å². The first kappa shape index (κ1) is 14.8. The van der Waals surface area contributed by atoms with Crippen molar-refractivity contribution in [3.05, 3.63) is 0 Å². The highest BCUT2D eigenvalue weighted by Gasteiger charge is 2.44. The average molecular weight is 280 g/mol. The number of hydrogen-bond donors (Lipinski definition) is 2. The van der Waals surface area contributed by atoms with Crippen molar-refractivity contribution >= 4 is 0 Å². The minimum atomic E-state index is -0.336. The van der Waals surface area contributed by atoms with Gasteiger partial charge in [-0.2, -0.15) is 0 Å². The lowest BCUT2D eigenvalue weighted by Crippen LogP contribution is -2.56. The van der Waals surface area contributed by atoms with Crippen molar-refractivity contribution in [1.29, 1.82) is 0 Å². The van der Waals surface area contributed by atoms with E-state index >= 15 is 0 Å². The van der Waals surface area contributed by atoms with E-state index in [0.29, 0.717) is 11.3 Å². The summed E-state index contributed by atoms with van der Waals surface area (Å²) in [6, 6.07) is 0. The Morgan fingerprint density at radius 2 is 1.75 bits per heavy atom. The molecule has 1 aliphatic heterocycles. The van der Waals surface area contributed by atoms with Crippen LogP contribution in [0.25, 0.3) is 0 Å². The Balaban J connectivity index is 1.61. The maximum Gasteiger partial charge on any atom is 0.0700 e. The van der Waals surface area contributed by atoms with E-state index in [1.54, 1.807) is 0 Å². The molecule has 3 rings (SSSR count). The molecule has 3 nitrogen and oxygen atoms in total. The lowest BCUT2D eigenvalue weighted by Gasteiger charge is -2.50. The molecule has 0 bridgehead atoms. The lowest BCUT2D eigenvalue weighted by molar-refractivity contribution is -0.102. The fourth-order valence-electron chi connectivity index (χ4n) is 4.99. The second-order valence-corrected chi connectivity index (χ2v) is 7.80. The molecular formula is C17H32N2O. The number of nitrogens with two attached hydrogens (primary N) is 1. The van der Waals surface area contributed by atoms with Crippen LogP contribution in [0.15, 0.2) is 0 Å². The van der Waals surface area contributed by atoms with E-state index in [1.165, 1.54) is 57.9 Å². The summed E-state index contributed by atoms with van der Waals surface area (Å²) in [6.07, 6.45) is 12.5. The second kappa shape index (κ2) is 5.94. The van der Waals surface area contributed by atoms with Crippen molar-refractivity contribution in [2.75, 3.05) is 26.2 Å². The second-order valence-electron chi connectivity index (χ2n) is 7.80. The van der Waals surface area contributed by atoms with Crippen LogP contribution >= 0.6 is 0 Å². The van der Waals surface area contributed by atoms with Gasteiger partial charge in [0, 0.05) is 25.6 Å². The summed E-state index contributed by atoms with van der Waals surface area (Å²) in [5.41, 5.74) is 6.18. The fraction of sp³-hybridized carbons (Fsp3) is 1.00. The topological polar surface area (TPSA) is 49.5 Å². The van der Waals surface area contributed by atoms with Gasteiger partial charge in [0.1, 0.15) is 0 Å². The third kappa shape index (κ3) is 2.90. The molecule has 2 unspecified atom stereocenters. The first-order chi connectivity index (χ1) is 9.66. The molecule has 0 amide bonds. The number of nitrogens with zero attached hydrogens (tertiary/aromatic N) is 1. The van der Waals surface area contributed by atoms with Gasteiger partial charge in [-0.1, -0.05) is 32.1 Å². The van der Waals surface area contributed by atoms with Crippen molar-refractivity contribution in [2.24, 2.45) is 17.1 Å². The summed E-state index contributed by atoms with van der Waals surface area (Å²) in [5, 5.41) is 10.8. The molecule has 20 heavy (non-hydrogen) atoms. The van der Waals surface area contributed by atoms with E-state index in [1.807, 2.05) is 0 Å². The summed E-state index contributed by atoms with van der Waals surface area (Å²) in [6.45, 7) is 4.21. The van der Waals surface area contributed by atoms with E-state index < -0.39 is 0 Å². The minimum Gasteiger partial charge on any atom is -0.390 e. The first-order valence-electron chi connectivity index (χ1n) is 8.81. The third-order valence-electron chi connectivity index (χ3n) is 6.42. The zero-order chi connectivity index (χ0) is 14.1. The number of hydrogen-bond acceptors (Lipinski definition) is 3. The lowest BCUT2D eigenvalue weighted by atomic mass is 9.69. The molecule has 3 aliphatic rings. The SMILES string of the molecule is NCC1(CN2CCC3(O)CCCCC3C2)CCCCC1. The van der Waals surface area contributed by atoms with Crippen LogP contribution in [0.3, 0.4) is 0 Å². The van der Waals surface area contributed by atoms with Crippen LogP contribution in [0.5, 0.6) is 0 Å². The maximum atomic E-state index is 10.8. The quantitative estimate of drug-likeness (QED) is 0.835. The molecule has 0 aromatic rings.